The van der Waals surface area contributed by atoms with Crippen LogP contribution in [0.2, 0.25) is 0 Å². The molecule has 0 unspecified atom stereocenters. The van der Waals surface area contributed by atoms with E-state index in [-0.39, 0.29) is 24.1 Å². The minimum Gasteiger partial charge on any atom is -0.441 e. The predicted octanol–water partition coefficient (Wildman–Crippen LogP) is 1.83. The molecule has 0 aliphatic rings. The molecule has 0 spiro atoms. The van der Waals surface area contributed by atoms with E-state index in [9.17, 15) is 9.59 Å². The Morgan fingerprint density at radius 1 is 1.20 bits per heavy atom. The van der Waals surface area contributed by atoms with Crippen molar-refractivity contribution in [2.75, 3.05) is 40.9 Å². The van der Waals surface area contributed by atoms with Gasteiger partial charge in [-0.1, -0.05) is 18.2 Å². The van der Waals surface area contributed by atoms with Crippen LogP contribution in [0.25, 0.3) is 11.5 Å². The Labute approximate surface area is 147 Å². The number of methoxy groups -OCH3 is 1. The van der Waals surface area contributed by atoms with Crippen LogP contribution >= 0.6 is 0 Å². The summed E-state index contributed by atoms with van der Waals surface area (Å²) in [6.45, 7) is 2.27. The van der Waals surface area contributed by atoms with Gasteiger partial charge in [-0.05, 0) is 19.1 Å². The topological polar surface area (TPSA) is 75.9 Å². The van der Waals surface area contributed by atoms with Crippen molar-refractivity contribution >= 4 is 11.8 Å². The summed E-state index contributed by atoms with van der Waals surface area (Å²) in [5.41, 5.74) is 0.999. The van der Waals surface area contributed by atoms with Crippen LogP contribution in [0, 0.1) is 6.92 Å². The summed E-state index contributed by atoms with van der Waals surface area (Å²) in [6, 6.07) is 9.36. The lowest BCUT2D eigenvalue weighted by atomic mass is 10.2. The van der Waals surface area contributed by atoms with Gasteiger partial charge in [0.2, 0.25) is 11.8 Å². The van der Waals surface area contributed by atoms with Gasteiger partial charge < -0.3 is 19.0 Å². The van der Waals surface area contributed by atoms with E-state index in [1.807, 2.05) is 30.3 Å². The van der Waals surface area contributed by atoms with Crippen molar-refractivity contribution in [2.24, 2.45) is 0 Å². The van der Waals surface area contributed by atoms with E-state index >= 15 is 0 Å². The molecule has 2 rings (SSSR count). The highest BCUT2D eigenvalue weighted by atomic mass is 16.5. The number of nitrogens with zero attached hydrogens (tertiary/aromatic N) is 3. The maximum Gasteiger partial charge on any atom is 0.276 e. The van der Waals surface area contributed by atoms with E-state index in [0.717, 1.165) is 5.56 Å². The molecule has 2 aromatic rings. The third-order valence-corrected chi connectivity index (χ3v) is 3.70. The molecule has 0 atom stereocenters. The number of carbonyl (C=O) groups excluding carboxylic acids is 2. The van der Waals surface area contributed by atoms with Crippen LogP contribution in [0.15, 0.2) is 34.7 Å². The lowest BCUT2D eigenvalue weighted by Gasteiger charge is -2.22. The Morgan fingerprint density at radius 3 is 2.48 bits per heavy atom. The average Bonchev–Trinajstić information content (AvgIpc) is 3.00. The zero-order chi connectivity index (χ0) is 18.4. The number of hydrogen-bond acceptors (Lipinski definition) is 5. The van der Waals surface area contributed by atoms with E-state index in [4.69, 9.17) is 9.15 Å². The van der Waals surface area contributed by atoms with E-state index in [1.54, 1.807) is 28.1 Å². The van der Waals surface area contributed by atoms with Gasteiger partial charge in [-0.2, -0.15) is 0 Å². The molecule has 0 fully saturated rings. The molecule has 0 radical (unpaired) electrons. The van der Waals surface area contributed by atoms with Gasteiger partial charge in [0.1, 0.15) is 12.3 Å². The van der Waals surface area contributed by atoms with Gasteiger partial charge in [-0.15, -0.1) is 0 Å². The van der Waals surface area contributed by atoms with Crippen LogP contribution < -0.4 is 0 Å². The summed E-state index contributed by atoms with van der Waals surface area (Å²) >= 11 is 0. The first kappa shape index (κ1) is 18.7. The molecule has 0 saturated carbocycles. The number of aryl methyl sites for hydroxylation is 1. The van der Waals surface area contributed by atoms with Crippen LogP contribution in [0.1, 0.15) is 16.2 Å². The molecule has 0 bridgehead atoms. The molecule has 1 heterocycles. The Bertz CT molecular complexity index is 725. The van der Waals surface area contributed by atoms with E-state index in [2.05, 4.69) is 4.98 Å². The van der Waals surface area contributed by atoms with Gasteiger partial charge in [-0.25, -0.2) is 4.98 Å². The minimum absolute atomic E-state index is 0.0395. The van der Waals surface area contributed by atoms with Crippen LogP contribution in [0.5, 0.6) is 0 Å². The van der Waals surface area contributed by atoms with Crippen molar-refractivity contribution in [3.8, 4) is 11.5 Å². The van der Waals surface area contributed by atoms with Crippen molar-refractivity contribution in [3.05, 3.63) is 41.8 Å². The normalized spacial score (nSPS) is 10.6. The first-order valence-corrected chi connectivity index (χ1v) is 7.95. The average molecular weight is 345 g/mol. The summed E-state index contributed by atoms with van der Waals surface area (Å²) in [5, 5.41) is 0. The fourth-order valence-corrected chi connectivity index (χ4v) is 2.21. The molecule has 0 saturated heterocycles. The fraction of sp³-hybridized carbons (Fsp3) is 0.389. The largest absolute Gasteiger partial charge is 0.441 e. The third-order valence-electron chi connectivity index (χ3n) is 3.70. The molecule has 0 aliphatic heterocycles. The second kappa shape index (κ2) is 8.43. The molecular formula is C18H23N3O4. The van der Waals surface area contributed by atoms with Crippen LogP contribution in [0.4, 0.5) is 0 Å². The third kappa shape index (κ3) is 4.67. The zero-order valence-electron chi connectivity index (χ0n) is 15.0. The number of oxazole rings is 1. The van der Waals surface area contributed by atoms with Gasteiger partial charge in [0.15, 0.2) is 5.69 Å². The molecule has 1 aromatic carbocycles. The number of hydrogen-bond donors (Lipinski definition) is 0. The number of ether oxygens (including phenoxy) is 1. The number of aromatic nitrogens is 1. The highest BCUT2D eigenvalue weighted by Gasteiger charge is 2.25. The van der Waals surface area contributed by atoms with E-state index < -0.39 is 0 Å². The number of carbonyl (C=O) groups is 2. The maximum absolute atomic E-state index is 12.9. The molecule has 25 heavy (non-hydrogen) atoms. The molecule has 7 heteroatoms. The van der Waals surface area contributed by atoms with Gasteiger partial charge >= 0.3 is 0 Å². The zero-order valence-corrected chi connectivity index (χ0v) is 15.0. The molecule has 7 nitrogen and oxygen atoms in total. The number of rotatable bonds is 7. The van der Waals surface area contributed by atoms with Crippen molar-refractivity contribution in [1.82, 2.24) is 14.8 Å². The predicted molar refractivity (Wildman–Crippen MR) is 93.1 cm³/mol. The molecule has 2 amide bonds. The Morgan fingerprint density at radius 2 is 1.88 bits per heavy atom. The van der Waals surface area contributed by atoms with E-state index in [1.165, 1.54) is 9.80 Å². The summed E-state index contributed by atoms with van der Waals surface area (Å²) in [6.07, 6.45) is 0. The molecular weight excluding hydrogens is 322 g/mol. The minimum atomic E-state index is -0.351. The van der Waals surface area contributed by atoms with Gasteiger partial charge in [0, 0.05) is 33.3 Å². The molecule has 134 valence electrons. The van der Waals surface area contributed by atoms with Gasteiger partial charge in [0.25, 0.3) is 5.91 Å². The fourth-order valence-electron chi connectivity index (χ4n) is 2.21. The molecule has 1 aromatic heterocycles. The number of likely N-dealkylation sites (N-methyl/N-ethyl adjacent to an activating group) is 1. The first-order valence-electron chi connectivity index (χ1n) is 7.95. The van der Waals surface area contributed by atoms with Crippen LogP contribution in [-0.4, -0.2) is 67.5 Å². The van der Waals surface area contributed by atoms with Crippen LogP contribution in [0.3, 0.4) is 0 Å². The van der Waals surface area contributed by atoms with Crippen LogP contribution in [-0.2, 0) is 9.53 Å². The Kier molecular flexibility index (Phi) is 6.30. The Hall–Kier alpha value is -2.67. The summed E-state index contributed by atoms with van der Waals surface area (Å²) in [4.78, 5) is 32.1. The van der Waals surface area contributed by atoms with Crippen molar-refractivity contribution < 1.29 is 18.7 Å². The second-order valence-corrected chi connectivity index (χ2v) is 5.80. The number of amides is 2. The lowest BCUT2D eigenvalue weighted by Crippen LogP contribution is -2.42. The van der Waals surface area contributed by atoms with Gasteiger partial charge in [-0.3, -0.25) is 9.59 Å². The summed E-state index contributed by atoms with van der Waals surface area (Å²) in [5.74, 6) is 0.278. The Balaban J connectivity index is 2.26. The van der Waals surface area contributed by atoms with Gasteiger partial charge in [0.05, 0.1) is 6.61 Å². The molecule has 0 N–H and O–H groups in total. The quantitative estimate of drug-likeness (QED) is 0.765. The maximum atomic E-state index is 12.9. The van der Waals surface area contributed by atoms with Crippen molar-refractivity contribution in [3.63, 3.8) is 0 Å². The van der Waals surface area contributed by atoms with E-state index in [0.29, 0.717) is 24.8 Å². The SMILES string of the molecule is COCCN(CC(=O)N(C)C)C(=O)c1nc(-c2ccccc2)oc1C. The standard InChI is InChI=1S/C18H23N3O4/c1-13-16(19-17(25-13)14-8-6-5-7-9-14)18(23)21(10-11-24-4)12-15(22)20(2)3/h5-9H,10-12H2,1-4H3. The first-order chi connectivity index (χ1) is 11.9. The number of benzene rings is 1. The second-order valence-electron chi connectivity index (χ2n) is 5.80. The van der Waals surface area contributed by atoms with Crippen molar-refractivity contribution in [1.29, 1.82) is 0 Å². The van der Waals surface area contributed by atoms with Crippen molar-refractivity contribution in [2.45, 2.75) is 6.92 Å². The monoisotopic (exact) mass is 345 g/mol. The summed E-state index contributed by atoms with van der Waals surface area (Å²) < 4.78 is 10.7. The lowest BCUT2D eigenvalue weighted by molar-refractivity contribution is -0.129. The molecule has 0 aliphatic carbocycles. The summed E-state index contributed by atoms with van der Waals surface area (Å²) in [7, 11) is 4.84. The highest BCUT2D eigenvalue weighted by Crippen LogP contribution is 2.22. The highest BCUT2D eigenvalue weighted by molar-refractivity contribution is 5.96. The smallest absolute Gasteiger partial charge is 0.276 e.